The van der Waals surface area contributed by atoms with Crippen molar-refractivity contribution in [1.82, 2.24) is 5.32 Å². The number of hydrogen-bond acceptors (Lipinski definition) is 2. The van der Waals surface area contributed by atoms with Crippen molar-refractivity contribution in [3.63, 3.8) is 0 Å². The number of rotatable bonds is 2. The predicted molar refractivity (Wildman–Crippen MR) is 89.9 cm³/mol. The van der Waals surface area contributed by atoms with Gasteiger partial charge in [0.25, 0.3) is 0 Å². The van der Waals surface area contributed by atoms with Crippen LogP contribution in [0.5, 0.6) is 0 Å². The Morgan fingerprint density at radius 2 is 2.10 bits per heavy atom. The number of nitrogens with one attached hydrogen (secondary N) is 1. The average molecular weight is 324 g/mol. The first kappa shape index (κ1) is 15.2. The van der Waals surface area contributed by atoms with E-state index in [9.17, 15) is 4.79 Å². The van der Waals surface area contributed by atoms with Crippen molar-refractivity contribution in [2.24, 2.45) is 5.92 Å². The van der Waals surface area contributed by atoms with Crippen LogP contribution in [-0.2, 0) is 11.2 Å². The predicted octanol–water partition coefficient (Wildman–Crippen LogP) is 4.06. The molecule has 21 heavy (non-hydrogen) atoms. The molecule has 1 spiro atoms. The summed E-state index contributed by atoms with van der Waals surface area (Å²) in [6.07, 6.45) is 6.74. The molecule has 2 unspecified atom stereocenters. The maximum absolute atomic E-state index is 12.1. The Morgan fingerprint density at radius 3 is 2.90 bits per heavy atom. The summed E-state index contributed by atoms with van der Waals surface area (Å²) in [4.78, 5) is 12.1. The van der Waals surface area contributed by atoms with Crippen molar-refractivity contribution in [1.29, 1.82) is 0 Å². The average Bonchev–Trinajstić information content (AvgIpc) is 2.66. The van der Waals surface area contributed by atoms with Gasteiger partial charge in [0.2, 0.25) is 5.91 Å². The molecule has 0 aromatic heterocycles. The second kappa shape index (κ2) is 6.62. The molecule has 1 N–H and O–H groups in total. The van der Waals surface area contributed by atoms with Crippen LogP contribution in [0, 0.1) is 5.92 Å². The SMILES string of the molecule is O=C1CC2(CCCCC2Cc2ccc(Cl)cc2)SCCN1. The molecular weight excluding hydrogens is 302 g/mol. The lowest BCUT2D eigenvalue weighted by atomic mass is 9.73. The van der Waals surface area contributed by atoms with E-state index in [4.69, 9.17) is 11.6 Å². The third-order valence-electron chi connectivity index (χ3n) is 4.82. The number of thioether (sulfide) groups is 1. The summed E-state index contributed by atoms with van der Waals surface area (Å²) in [5, 5.41) is 3.82. The second-order valence-electron chi connectivity index (χ2n) is 6.21. The van der Waals surface area contributed by atoms with Crippen LogP contribution in [0.25, 0.3) is 0 Å². The molecule has 0 bridgehead atoms. The Labute approximate surface area is 136 Å². The van der Waals surface area contributed by atoms with Crippen LogP contribution in [0.1, 0.15) is 37.7 Å². The summed E-state index contributed by atoms with van der Waals surface area (Å²) in [7, 11) is 0. The second-order valence-corrected chi connectivity index (χ2v) is 8.16. The highest BCUT2D eigenvalue weighted by atomic mass is 35.5. The van der Waals surface area contributed by atoms with Gasteiger partial charge in [-0.05, 0) is 42.9 Å². The number of hydrogen-bond donors (Lipinski definition) is 1. The van der Waals surface area contributed by atoms with Crippen molar-refractivity contribution in [3.05, 3.63) is 34.9 Å². The Kier molecular flexibility index (Phi) is 4.80. The van der Waals surface area contributed by atoms with E-state index in [0.29, 0.717) is 12.3 Å². The quantitative estimate of drug-likeness (QED) is 0.889. The van der Waals surface area contributed by atoms with Crippen molar-refractivity contribution in [2.45, 2.75) is 43.3 Å². The molecular formula is C17H22ClNOS. The van der Waals surface area contributed by atoms with Crippen LogP contribution in [0.4, 0.5) is 0 Å². The number of carbonyl (C=O) groups is 1. The molecule has 2 nitrogen and oxygen atoms in total. The minimum Gasteiger partial charge on any atom is -0.355 e. The molecule has 1 aliphatic heterocycles. The number of halogens is 1. The van der Waals surface area contributed by atoms with Gasteiger partial charge in [-0.3, -0.25) is 4.79 Å². The zero-order valence-corrected chi connectivity index (χ0v) is 13.8. The van der Waals surface area contributed by atoms with E-state index in [-0.39, 0.29) is 10.7 Å². The van der Waals surface area contributed by atoms with E-state index in [1.54, 1.807) is 0 Å². The topological polar surface area (TPSA) is 29.1 Å². The summed E-state index contributed by atoms with van der Waals surface area (Å²) >= 11 is 8.01. The van der Waals surface area contributed by atoms with E-state index in [1.165, 1.54) is 31.2 Å². The number of amides is 1. The molecule has 3 rings (SSSR count). The Balaban J connectivity index is 1.80. The third kappa shape index (κ3) is 3.57. The van der Waals surface area contributed by atoms with Crippen LogP contribution in [0.3, 0.4) is 0 Å². The molecule has 4 heteroatoms. The molecule has 1 saturated carbocycles. The van der Waals surface area contributed by atoms with E-state index < -0.39 is 0 Å². The van der Waals surface area contributed by atoms with Crippen LogP contribution >= 0.6 is 23.4 Å². The molecule has 1 heterocycles. The Hall–Kier alpha value is -0.670. The maximum Gasteiger partial charge on any atom is 0.221 e. The summed E-state index contributed by atoms with van der Waals surface area (Å²) in [5.74, 6) is 1.88. The van der Waals surface area contributed by atoms with Gasteiger partial charge in [-0.25, -0.2) is 0 Å². The van der Waals surface area contributed by atoms with Crippen LogP contribution < -0.4 is 5.32 Å². The molecule has 1 aromatic carbocycles. The number of carbonyl (C=O) groups excluding carboxylic acids is 1. The fourth-order valence-corrected chi connectivity index (χ4v) is 5.42. The summed E-state index contributed by atoms with van der Waals surface area (Å²) in [6.45, 7) is 0.818. The Morgan fingerprint density at radius 1 is 1.29 bits per heavy atom. The van der Waals surface area contributed by atoms with E-state index in [0.717, 1.165) is 23.7 Å². The molecule has 1 saturated heterocycles. The summed E-state index contributed by atoms with van der Waals surface area (Å²) in [5.41, 5.74) is 1.34. The molecule has 2 fully saturated rings. The zero-order chi connectivity index (χ0) is 14.7. The van der Waals surface area contributed by atoms with Crippen LogP contribution in [0.15, 0.2) is 24.3 Å². The van der Waals surface area contributed by atoms with Crippen LogP contribution in [-0.4, -0.2) is 23.0 Å². The van der Waals surface area contributed by atoms with Gasteiger partial charge in [0.15, 0.2) is 0 Å². The molecule has 2 aliphatic rings. The lowest BCUT2D eigenvalue weighted by Gasteiger charge is -2.43. The molecule has 2 atom stereocenters. The van der Waals surface area contributed by atoms with Gasteiger partial charge in [0.1, 0.15) is 0 Å². The highest BCUT2D eigenvalue weighted by molar-refractivity contribution is 8.00. The van der Waals surface area contributed by atoms with E-state index in [2.05, 4.69) is 17.4 Å². The van der Waals surface area contributed by atoms with Gasteiger partial charge >= 0.3 is 0 Å². The largest absolute Gasteiger partial charge is 0.355 e. The van der Waals surface area contributed by atoms with Gasteiger partial charge in [0, 0.05) is 28.5 Å². The van der Waals surface area contributed by atoms with Gasteiger partial charge in [-0.2, -0.15) is 11.8 Å². The van der Waals surface area contributed by atoms with Crippen molar-refractivity contribution < 1.29 is 4.79 Å². The van der Waals surface area contributed by atoms with E-state index in [1.807, 2.05) is 23.9 Å². The van der Waals surface area contributed by atoms with E-state index >= 15 is 0 Å². The lowest BCUT2D eigenvalue weighted by Crippen LogP contribution is -2.41. The first-order valence-electron chi connectivity index (χ1n) is 7.83. The normalized spacial score (nSPS) is 30.0. The first-order valence-corrected chi connectivity index (χ1v) is 9.19. The fourth-order valence-electron chi connectivity index (χ4n) is 3.73. The summed E-state index contributed by atoms with van der Waals surface area (Å²) in [6, 6.07) is 8.21. The summed E-state index contributed by atoms with van der Waals surface area (Å²) < 4.78 is 0.151. The zero-order valence-electron chi connectivity index (χ0n) is 12.2. The number of benzene rings is 1. The molecule has 1 amide bonds. The maximum atomic E-state index is 12.1. The molecule has 1 aromatic rings. The highest BCUT2D eigenvalue weighted by Crippen LogP contribution is 2.48. The monoisotopic (exact) mass is 323 g/mol. The van der Waals surface area contributed by atoms with Gasteiger partial charge < -0.3 is 5.32 Å². The van der Waals surface area contributed by atoms with Crippen molar-refractivity contribution in [3.8, 4) is 0 Å². The van der Waals surface area contributed by atoms with Crippen molar-refractivity contribution in [2.75, 3.05) is 12.3 Å². The molecule has 0 radical (unpaired) electrons. The standard InChI is InChI=1S/C17H22ClNOS/c18-15-6-4-13(5-7-15)11-14-3-1-2-8-17(14)12-16(20)19-9-10-21-17/h4-7,14H,1-3,8-12H2,(H,19,20). The molecule has 1 aliphatic carbocycles. The minimum absolute atomic E-state index is 0.151. The minimum atomic E-state index is 0.151. The lowest BCUT2D eigenvalue weighted by molar-refractivity contribution is -0.121. The smallest absolute Gasteiger partial charge is 0.221 e. The van der Waals surface area contributed by atoms with Crippen LogP contribution in [0.2, 0.25) is 5.02 Å². The Bertz CT molecular complexity index is 504. The third-order valence-corrected chi connectivity index (χ3v) is 6.73. The van der Waals surface area contributed by atoms with Gasteiger partial charge in [-0.15, -0.1) is 0 Å². The van der Waals surface area contributed by atoms with Gasteiger partial charge in [-0.1, -0.05) is 36.6 Å². The van der Waals surface area contributed by atoms with Crippen molar-refractivity contribution >= 4 is 29.3 Å². The van der Waals surface area contributed by atoms with Gasteiger partial charge in [0.05, 0.1) is 0 Å². The fraction of sp³-hybridized carbons (Fsp3) is 0.588. The first-order chi connectivity index (χ1) is 10.2. The molecule has 114 valence electrons. The highest BCUT2D eigenvalue weighted by Gasteiger charge is 2.43.